The third kappa shape index (κ3) is 24.6. The van der Waals surface area contributed by atoms with Crippen molar-refractivity contribution in [2.75, 3.05) is 14.2 Å². The van der Waals surface area contributed by atoms with Crippen LogP contribution in [0.4, 0.5) is 0 Å². The van der Waals surface area contributed by atoms with Crippen molar-refractivity contribution in [3.8, 4) is 0 Å². The van der Waals surface area contributed by atoms with E-state index in [1.54, 1.807) is 0 Å². The van der Waals surface area contributed by atoms with Crippen LogP contribution in [0.15, 0.2) is 0 Å². The van der Waals surface area contributed by atoms with Gasteiger partial charge in [-0.3, -0.25) is 0 Å². The summed E-state index contributed by atoms with van der Waals surface area (Å²) in [5.41, 5.74) is -0.982. The van der Waals surface area contributed by atoms with Crippen molar-refractivity contribution in [1.82, 2.24) is 0 Å². The lowest BCUT2D eigenvalue weighted by Crippen LogP contribution is -2.47. The third-order valence-electron chi connectivity index (χ3n) is 9.06. The van der Waals surface area contributed by atoms with E-state index in [1.165, 1.54) is 77.0 Å². The molecule has 0 aromatic carbocycles. The number of unbranched alkanes of at least 4 members (excludes halogenated alkanes) is 4. The van der Waals surface area contributed by atoms with E-state index < -0.39 is 5.60 Å². The lowest BCUT2D eigenvalue weighted by molar-refractivity contribution is -0.0812. The summed E-state index contributed by atoms with van der Waals surface area (Å²) in [5.74, 6) is 1.39. The molecule has 7 heteroatoms. The van der Waals surface area contributed by atoms with Crippen LogP contribution in [0.5, 0.6) is 0 Å². The maximum Gasteiger partial charge on any atom is 0.156 e. The highest BCUT2D eigenvalue weighted by molar-refractivity contribution is 7.80. The zero-order valence-corrected chi connectivity index (χ0v) is 31.1. The Morgan fingerprint density at radius 1 is 0.488 bits per heavy atom. The fourth-order valence-electron chi connectivity index (χ4n) is 6.94. The quantitative estimate of drug-likeness (QED) is 0.0424. The standard InChI is InChI=1S/C34H66O3S2.2CH4O/c1-6-11-19-28(17-8-3)21-13-15-23-30(26-32(35)38)34(37,25-10-5)31(27-33(36)39)24-16-14-22-29(18-9-4)20-12-7-2;2*1-2/h28-31,37H,6-27H2,1-5H3,(H,35,38)(H,36,39);2*2H,1H3. The summed E-state index contributed by atoms with van der Waals surface area (Å²) in [6.07, 6.45) is 23.7. The van der Waals surface area contributed by atoms with Crippen molar-refractivity contribution in [1.29, 1.82) is 0 Å². The zero-order chi connectivity index (χ0) is 33.5. The molecule has 5 N–H and O–H groups in total. The van der Waals surface area contributed by atoms with Gasteiger partial charge in [-0.1, -0.05) is 144 Å². The molecule has 0 rings (SSSR count). The van der Waals surface area contributed by atoms with Crippen LogP contribution in [0.3, 0.4) is 0 Å². The average Bonchev–Trinajstić information content (AvgIpc) is 2.99. The molecule has 0 aromatic rings. The van der Waals surface area contributed by atoms with Crippen LogP contribution < -0.4 is 0 Å². The number of hydrogen-bond acceptors (Lipinski definition) is 5. The number of aliphatic hydroxyl groups is 5. The molecular weight excluding hydrogens is 577 g/mol. The second kappa shape index (κ2) is 33.0. The minimum Gasteiger partial charge on any atom is -0.502 e. The van der Waals surface area contributed by atoms with Gasteiger partial charge in [0.2, 0.25) is 0 Å². The summed E-state index contributed by atoms with van der Waals surface area (Å²) in [7, 11) is 2.00. The maximum atomic E-state index is 12.3. The molecule has 5 nitrogen and oxygen atoms in total. The van der Waals surface area contributed by atoms with Gasteiger partial charge < -0.3 is 25.5 Å². The van der Waals surface area contributed by atoms with E-state index >= 15 is 0 Å². The van der Waals surface area contributed by atoms with Crippen molar-refractivity contribution < 1.29 is 25.5 Å². The zero-order valence-electron chi connectivity index (χ0n) is 29.4. The molecule has 0 saturated heterocycles. The van der Waals surface area contributed by atoms with Crippen molar-refractivity contribution in [3.63, 3.8) is 0 Å². The first-order valence-electron chi connectivity index (χ1n) is 17.7. The Morgan fingerprint density at radius 3 is 1.09 bits per heavy atom. The lowest BCUT2D eigenvalue weighted by atomic mass is 9.68. The van der Waals surface area contributed by atoms with E-state index in [-0.39, 0.29) is 21.9 Å². The molecule has 43 heavy (non-hydrogen) atoms. The van der Waals surface area contributed by atoms with Crippen molar-refractivity contribution >= 4 is 34.5 Å². The van der Waals surface area contributed by atoms with Gasteiger partial charge >= 0.3 is 0 Å². The van der Waals surface area contributed by atoms with Gasteiger partial charge in [-0.25, -0.2) is 0 Å². The van der Waals surface area contributed by atoms with E-state index in [0.29, 0.717) is 19.3 Å². The van der Waals surface area contributed by atoms with Gasteiger partial charge in [-0.2, -0.15) is 0 Å². The van der Waals surface area contributed by atoms with Crippen LogP contribution in [0.25, 0.3) is 0 Å². The Bertz CT molecular complexity index is 570. The minimum atomic E-state index is -0.982. The van der Waals surface area contributed by atoms with Crippen LogP contribution >= 0.6 is 24.4 Å². The lowest BCUT2D eigenvalue weighted by Gasteiger charge is -2.43. The first-order chi connectivity index (χ1) is 20.7. The van der Waals surface area contributed by atoms with E-state index in [0.717, 1.165) is 71.0 Å². The highest BCUT2D eigenvalue weighted by Gasteiger charge is 2.43. The summed E-state index contributed by atoms with van der Waals surface area (Å²) in [6, 6.07) is 0. The van der Waals surface area contributed by atoms with Crippen LogP contribution in [0.1, 0.15) is 176 Å². The van der Waals surface area contributed by atoms with E-state index in [4.69, 9.17) is 34.6 Å². The Labute approximate surface area is 278 Å². The van der Waals surface area contributed by atoms with Gasteiger partial charge in [-0.05, 0) is 67.4 Å². The second-order valence-corrected chi connectivity index (χ2v) is 13.4. The summed E-state index contributed by atoms with van der Waals surface area (Å²) < 4.78 is 0. The molecule has 0 spiro atoms. The van der Waals surface area contributed by atoms with E-state index in [1.807, 2.05) is 0 Å². The molecular formula is C36H74O5S2. The highest BCUT2D eigenvalue weighted by Crippen LogP contribution is 2.41. The van der Waals surface area contributed by atoms with Crippen LogP contribution in [0, 0.1) is 23.7 Å². The van der Waals surface area contributed by atoms with Crippen LogP contribution in [-0.4, -0.2) is 55.5 Å². The van der Waals surface area contributed by atoms with Gasteiger partial charge in [0.05, 0.1) is 5.60 Å². The van der Waals surface area contributed by atoms with E-state index in [2.05, 4.69) is 34.6 Å². The molecule has 0 aliphatic rings. The number of aliphatic hydroxyl groups excluding tert-OH is 4. The van der Waals surface area contributed by atoms with Crippen LogP contribution in [0.2, 0.25) is 0 Å². The number of hydrogen-bond donors (Lipinski definition) is 5. The molecule has 0 heterocycles. The Balaban J connectivity index is -0.00000382. The molecule has 260 valence electrons. The van der Waals surface area contributed by atoms with Crippen molar-refractivity contribution in [2.45, 2.75) is 181 Å². The maximum absolute atomic E-state index is 12.3. The Hall–Kier alpha value is -0.340. The molecule has 0 saturated carbocycles. The molecule has 0 bridgehead atoms. The largest absolute Gasteiger partial charge is 0.502 e. The fraction of sp³-hybridized carbons (Fsp3) is 0.944. The predicted molar refractivity (Wildman–Crippen MR) is 196 cm³/mol. The number of rotatable bonds is 28. The SMILES string of the molecule is CCCCC(CCC)CCCCC(CC(O)=S)C(O)(CCC)C(CCCCC(CCC)CCCC)CC(O)=S.CO.CO. The smallest absolute Gasteiger partial charge is 0.156 e. The van der Waals surface area contributed by atoms with Crippen LogP contribution in [-0.2, 0) is 0 Å². The van der Waals surface area contributed by atoms with Gasteiger partial charge in [0.15, 0.2) is 10.1 Å². The first-order valence-corrected chi connectivity index (χ1v) is 18.5. The summed E-state index contributed by atoms with van der Waals surface area (Å²) >= 11 is 10.3. The molecule has 0 aliphatic carbocycles. The summed E-state index contributed by atoms with van der Waals surface area (Å²) in [6.45, 7) is 11.2. The van der Waals surface area contributed by atoms with Gasteiger partial charge in [-0.15, -0.1) is 0 Å². The molecule has 0 fully saturated rings. The first kappa shape index (κ1) is 47.1. The minimum absolute atomic E-state index is 0.00927. The monoisotopic (exact) mass is 650 g/mol. The van der Waals surface area contributed by atoms with Crippen molar-refractivity contribution in [3.05, 3.63) is 0 Å². The molecule has 0 aliphatic heterocycles. The molecule has 4 unspecified atom stereocenters. The Kier molecular flexibility index (Phi) is 36.2. The Morgan fingerprint density at radius 2 is 0.814 bits per heavy atom. The second-order valence-electron chi connectivity index (χ2n) is 12.5. The predicted octanol–water partition coefficient (Wildman–Crippen LogP) is 10.9. The molecule has 0 radical (unpaired) electrons. The highest BCUT2D eigenvalue weighted by atomic mass is 32.1. The summed E-state index contributed by atoms with van der Waals surface area (Å²) in [5, 5.41) is 46.6. The van der Waals surface area contributed by atoms with Crippen molar-refractivity contribution in [2.24, 2.45) is 23.7 Å². The summed E-state index contributed by atoms with van der Waals surface area (Å²) in [4.78, 5) is 0. The normalized spacial score (nSPS) is 15.1. The topological polar surface area (TPSA) is 101 Å². The molecule has 0 aromatic heterocycles. The fourth-order valence-corrected chi connectivity index (χ4v) is 7.34. The van der Waals surface area contributed by atoms with Gasteiger partial charge in [0, 0.05) is 27.1 Å². The average molecular weight is 651 g/mol. The van der Waals surface area contributed by atoms with E-state index in [9.17, 15) is 15.3 Å². The molecule has 0 amide bonds. The van der Waals surface area contributed by atoms with Gasteiger partial charge in [0.25, 0.3) is 0 Å². The molecule has 4 atom stereocenters. The number of thiocarbonyl (C=S) groups is 2. The van der Waals surface area contributed by atoms with Gasteiger partial charge in [0.1, 0.15) is 0 Å². The third-order valence-corrected chi connectivity index (χ3v) is 9.40.